The summed E-state index contributed by atoms with van der Waals surface area (Å²) < 4.78 is 88.5. The quantitative estimate of drug-likeness (QED) is 0.0272. The molecule has 736 valence electrons. The van der Waals surface area contributed by atoms with Crippen LogP contribution < -0.4 is 26.6 Å². The van der Waals surface area contributed by atoms with Gasteiger partial charge in [0.1, 0.15) is 171 Å². The van der Waals surface area contributed by atoms with Gasteiger partial charge in [0.05, 0.1) is 101 Å². The number of aliphatic hydroxyl groups is 25. The number of aliphatic hydroxyl groups excluding tert-OH is 25. The summed E-state index contributed by atoms with van der Waals surface area (Å²) in [5.41, 5.74) is 0. The van der Waals surface area contributed by atoms with Gasteiger partial charge in [-0.05, 0) is 0 Å². The third-order valence-corrected chi connectivity index (χ3v) is 22.6. The largest absolute Gasteiger partial charge is 0.477 e. The lowest BCUT2D eigenvalue weighted by Gasteiger charge is -2.53. The third-order valence-electron chi connectivity index (χ3n) is 22.6. The minimum absolute atomic E-state index is 0.704. The first-order valence-electron chi connectivity index (χ1n) is 39.6. The van der Waals surface area contributed by atoms with Crippen LogP contribution >= 0.6 is 0 Å². The Hall–Kier alpha value is -6.37. The number of carboxylic acid groups (broad SMARTS) is 4. The molecule has 128 heavy (non-hydrogen) atoms. The van der Waals surface area contributed by atoms with Crippen molar-refractivity contribution in [2.24, 2.45) is 0 Å². The average Bonchev–Trinajstić information content (AvgIpc) is 0.749. The number of ether oxygens (including phenoxy) is 15. The molecule has 58 heteroatoms. The van der Waals surface area contributed by atoms with E-state index < -0.39 is 400 Å². The van der Waals surface area contributed by atoms with Crippen LogP contribution in [0.25, 0.3) is 0 Å². The Morgan fingerprint density at radius 3 is 1.05 bits per heavy atom. The fourth-order valence-corrected chi connectivity index (χ4v) is 16.2. The van der Waals surface area contributed by atoms with Crippen molar-refractivity contribution in [2.75, 3.05) is 52.9 Å². The van der Waals surface area contributed by atoms with Crippen LogP contribution in [0.5, 0.6) is 0 Å². The Kier molecular flexibility index (Phi) is 37.3. The van der Waals surface area contributed by atoms with E-state index in [1.54, 1.807) is 0 Å². The molecule has 0 aromatic carbocycles. The molecule has 8 heterocycles. The van der Waals surface area contributed by atoms with E-state index in [9.17, 15) is 191 Å². The van der Waals surface area contributed by atoms with E-state index in [4.69, 9.17) is 71.1 Å². The van der Waals surface area contributed by atoms with Gasteiger partial charge in [-0.2, -0.15) is 0 Å². The minimum atomic E-state index is -3.93. The van der Waals surface area contributed by atoms with E-state index in [0.717, 1.165) is 27.7 Å². The van der Waals surface area contributed by atoms with Crippen molar-refractivity contribution >= 4 is 53.4 Å². The summed E-state index contributed by atoms with van der Waals surface area (Å²) in [6.45, 7) is -7.47. The molecule has 44 atom stereocenters. The van der Waals surface area contributed by atoms with Gasteiger partial charge in [-0.1, -0.05) is 0 Å². The standard InChI is InChI=1S/C70H113N5O53/c1-18(83)71-35-23(88)6-67(63(106)107,123-53(35)40(95)27(92)10-76)114-17-34-45(100)52(121-61-48(103)57(43(98)30(13-79)116-61)127-69(65(110)111)8-25(90)37(73-20(3)85)55(125-69)42(97)29(94)12-78)39(75-22(5)87)60(118-34)120-51-33(16-82)117-62(119-50-32(15-81)115-59(105)47(102)46(50)101)49(104)58(51)128-70(66(112)113)9-26(91)38(74-21(4)86)56(126-70)44(99)31(14-80)122-68(64(108)109)7-24(89)36(72-19(2)84)54(124-68)41(96)28(93)11-77/h23-62,76-82,88-105H,6-17H2,1-5H3,(H,71,83)(H,72,84)(H,73,85)(H,74,86)(H,75,87)(H,106,107)(H,108,109)(H,110,111)(H,112,113)/t23-,24-,25-,26-,27+,28+,29+,30+,31+,32+,33+,34+,35+,36+,37+,38+,39+,40+,41+,42+,43-,44+,45-,46+,47+,48+,49+,50+,51-,52+,53+,54+,55+,56+,57-,58+,59?,60-,61-,62-,67+,68+,69-,70-/m0/s1. The molecule has 1 unspecified atom stereocenters. The number of amides is 5. The highest BCUT2D eigenvalue weighted by molar-refractivity contribution is 5.79. The number of hydrogen-bond acceptors (Lipinski definition) is 49. The second-order valence-corrected chi connectivity index (χ2v) is 31.8. The Morgan fingerprint density at radius 1 is 0.336 bits per heavy atom. The van der Waals surface area contributed by atoms with E-state index in [1.165, 1.54) is 0 Å². The van der Waals surface area contributed by atoms with Crippen molar-refractivity contribution in [1.29, 1.82) is 0 Å². The molecular weight excluding hydrogens is 1760 g/mol. The van der Waals surface area contributed by atoms with Crippen molar-refractivity contribution in [1.82, 2.24) is 26.6 Å². The zero-order valence-corrected chi connectivity index (χ0v) is 68.3. The van der Waals surface area contributed by atoms with Crippen LogP contribution in [0.3, 0.4) is 0 Å². The highest BCUT2D eigenvalue weighted by atomic mass is 16.8. The lowest BCUT2D eigenvalue weighted by molar-refractivity contribution is -0.406. The number of carboxylic acids is 4. The van der Waals surface area contributed by atoms with E-state index in [2.05, 4.69) is 26.6 Å². The van der Waals surface area contributed by atoms with Gasteiger partial charge in [0.15, 0.2) is 25.2 Å². The van der Waals surface area contributed by atoms with Crippen molar-refractivity contribution in [3.05, 3.63) is 0 Å². The predicted molar refractivity (Wildman–Crippen MR) is 391 cm³/mol. The van der Waals surface area contributed by atoms with Crippen molar-refractivity contribution in [3.63, 3.8) is 0 Å². The van der Waals surface area contributed by atoms with Crippen molar-refractivity contribution in [3.8, 4) is 0 Å². The number of carbonyl (C=O) groups excluding carboxylic acids is 5. The SMILES string of the molecule is CC(=O)N[C@H]1[C@H](O[C@@H]2[C@H](O[C@]3(C(=O)O)C[C@H](O)[C@@H](NC(C)=O)[C@H]([C@H](O)[C@@H](CO)O[C@]4(C(=O)O)C[C@H](O)[C@@H](NC(C)=O)[C@H]([C@H](O)[C@H](O)CO)O4)O3)[C@@H](O)[C@H](O[C@H]3[C@H](O)[C@@H](O)C(O)O[C@@H]3CO)O[C@@H]2CO)O[C@H](CO[C@]2(C(=O)O)C[C@H](O)[C@@H](NC(C)=O)[C@H]([C@H](O)[C@H](O)CO)O2)[C@H](O)[C@@H]1O[C@@H]1O[C@H](CO)[C@H](O)[C@H](O[C@]2(C(=O)O)C[C@H](O)[C@@H](NC(C)=O)[C@H]([C@H](O)[C@H](O)CO)O2)[C@H]1O. The average molecular weight is 1870 g/mol. The summed E-state index contributed by atoms with van der Waals surface area (Å²) in [5.74, 6) is -29.3. The first kappa shape index (κ1) is 107. The number of nitrogens with one attached hydrogen (secondary N) is 5. The molecule has 0 spiro atoms. The maximum Gasteiger partial charge on any atom is 0.364 e. The molecule has 0 aromatic heterocycles. The van der Waals surface area contributed by atoms with E-state index in [1.807, 2.05) is 0 Å². The Labute approximate surface area is 721 Å². The molecule has 0 saturated carbocycles. The zero-order valence-electron chi connectivity index (χ0n) is 68.3. The van der Waals surface area contributed by atoms with Gasteiger partial charge in [-0.15, -0.1) is 0 Å². The predicted octanol–water partition coefficient (Wildman–Crippen LogP) is -20.9. The Morgan fingerprint density at radius 2 is 0.656 bits per heavy atom. The van der Waals surface area contributed by atoms with E-state index in [0.29, 0.717) is 6.92 Å². The number of rotatable bonds is 39. The molecule has 5 amide bonds. The van der Waals surface area contributed by atoms with E-state index >= 15 is 0 Å². The number of hydrogen-bond donors (Lipinski definition) is 34. The van der Waals surface area contributed by atoms with Crippen molar-refractivity contribution < 1.29 is 262 Å². The van der Waals surface area contributed by atoms with Crippen LogP contribution in [-0.2, 0) is 114 Å². The molecule has 0 aliphatic carbocycles. The smallest absolute Gasteiger partial charge is 0.364 e. The highest BCUT2D eigenvalue weighted by Crippen LogP contribution is 2.45. The summed E-state index contributed by atoms with van der Waals surface area (Å²) in [7, 11) is 0. The van der Waals surface area contributed by atoms with Gasteiger partial charge < -0.3 is 246 Å². The minimum Gasteiger partial charge on any atom is -0.477 e. The summed E-state index contributed by atoms with van der Waals surface area (Å²) in [4.78, 5) is 120. The van der Waals surface area contributed by atoms with Gasteiger partial charge in [-0.3, -0.25) is 24.0 Å². The van der Waals surface area contributed by atoms with Crippen molar-refractivity contribution in [2.45, 2.75) is 328 Å². The lowest BCUT2D eigenvalue weighted by Crippen LogP contribution is -2.73. The number of aliphatic carboxylic acids is 4. The topological polar surface area (TPSA) is 939 Å². The molecule has 8 aliphatic rings. The van der Waals surface area contributed by atoms with Gasteiger partial charge in [-0.25, -0.2) is 19.2 Å². The maximum absolute atomic E-state index is 14.5. The second-order valence-electron chi connectivity index (χ2n) is 31.8. The molecule has 0 bridgehead atoms. The first-order chi connectivity index (χ1) is 59.9. The highest BCUT2D eigenvalue weighted by Gasteiger charge is 2.67. The van der Waals surface area contributed by atoms with Crippen LogP contribution in [-0.4, -0.2) is 522 Å². The summed E-state index contributed by atoms with van der Waals surface area (Å²) in [6.07, 6.45) is -94.1. The Bertz CT molecular complexity index is 3720. The molecule has 0 aromatic rings. The number of carbonyl (C=O) groups is 9. The van der Waals surface area contributed by atoms with Crippen LogP contribution in [0.4, 0.5) is 0 Å². The van der Waals surface area contributed by atoms with Gasteiger partial charge in [0.2, 0.25) is 29.5 Å². The van der Waals surface area contributed by atoms with Crippen LogP contribution in [0.2, 0.25) is 0 Å². The molecule has 8 aliphatic heterocycles. The molecular formula is C70H113N5O53. The summed E-state index contributed by atoms with van der Waals surface area (Å²) in [6, 6.07) is -10.5. The Balaban J connectivity index is 1.30. The van der Waals surface area contributed by atoms with Crippen LogP contribution in [0, 0.1) is 0 Å². The fourth-order valence-electron chi connectivity index (χ4n) is 16.2. The lowest BCUT2D eigenvalue weighted by atomic mass is 9.87. The molecule has 8 saturated heterocycles. The van der Waals surface area contributed by atoms with Gasteiger partial charge >= 0.3 is 23.9 Å². The molecule has 58 nitrogen and oxygen atoms in total. The molecule has 0 radical (unpaired) electrons. The fraction of sp³-hybridized carbons (Fsp3) is 0.871. The second kappa shape index (κ2) is 44.7. The van der Waals surface area contributed by atoms with Crippen LogP contribution in [0.1, 0.15) is 60.3 Å². The molecule has 8 rings (SSSR count). The summed E-state index contributed by atoms with van der Waals surface area (Å²) in [5, 5.41) is 336. The molecule has 34 N–H and O–H groups in total. The van der Waals surface area contributed by atoms with Gasteiger partial charge in [0.25, 0.3) is 23.1 Å². The zero-order chi connectivity index (χ0) is 95.9. The maximum atomic E-state index is 14.5. The van der Waals surface area contributed by atoms with E-state index in [-0.39, 0.29) is 0 Å². The van der Waals surface area contributed by atoms with Gasteiger partial charge in [0, 0.05) is 60.3 Å². The summed E-state index contributed by atoms with van der Waals surface area (Å²) >= 11 is 0. The molecule has 8 fully saturated rings. The third kappa shape index (κ3) is 23.3. The first-order valence-corrected chi connectivity index (χ1v) is 39.6. The van der Waals surface area contributed by atoms with Crippen LogP contribution in [0.15, 0.2) is 0 Å². The monoisotopic (exact) mass is 1870 g/mol. The normalized spacial score (nSPS) is 42.5.